The number of halogens is 3. The van der Waals surface area contributed by atoms with Crippen molar-refractivity contribution in [2.24, 2.45) is 0 Å². The second-order valence-corrected chi connectivity index (χ2v) is 4.90. The Kier molecular flexibility index (Phi) is 4.72. The Morgan fingerprint density at radius 2 is 1.68 bits per heavy atom. The lowest BCUT2D eigenvalue weighted by Crippen LogP contribution is -2.35. The van der Waals surface area contributed by atoms with Crippen LogP contribution in [0, 0.1) is 18.6 Å². The first-order chi connectivity index (χ1) is 10.4. The molecule has 7 heteroatoms. The van der Waals surface area contributed by atoms with Gasteiger partial charge in [-0.25, -0.2) is 13.6 Å². The zero-order chi connectivity index (χ0) is 16.3. The number of hydrogen-bond acceptors (Lipinski definition) is 2. The lowest BCUT2D eigenvalue weighted by molar-refractivity contribution is 0.0959. The van der Waals surface area contributed by atoms with Crippen molar-refractivity contribution in [3.8, 4) is 0 Å². The molecule has 0 fully saturated rings. The third-order valence-electron chi connectivity index (χ3n) is 2.85. The molecule has 2 aromatic rings. The quantitative estimate of drug-likeness (QED) is 0.880. The third kappa shape index (κ3) is 3.59. The second-order valence-electron chi connectivity index (χ2n) is 4.47. The molecular weight excluding hydrogens is 314 g/mol. The predicted molar refractivity (Wildman–Crippen MR) is 79.0 cm³/mol. The van der Waals surface area contributed by atoms with Crippen LogP contribution >= 0.6 is 11.6 Å². The molecule has 2 N–H and O–H groups in total. The molecule has 0 heterocycles. The van der Waals surface area contributed by atoms with Gasteiger partial charge in [-0.3, -0.25) is 10.1 Å². The number of carbonyl (C=O) groups is 2. The number of benzene rings is 2. The van der Waals surface area contributed by atoms with Crippen LogP contribution in [-0.2, 0) is 0 Å². The number of para-hydroxylation sites is 1. The minimum Gasteiger partial charge on any atom is -0.307 e. The van der Waals surface area contributed by atoms with Crippen molar-refractivity contribution in [2.45, 2.75) is 6.92 Å². The summed E-state index contributed by atoms with van der Waals surface area (Å²) in [5, 5.41) is 4.10. The van der Waals surface area contributed by atoms with Crippen LogP contribution in [0.15, 0.2) is 36.4 Å². The summed E-state index contributed by atoms with van der Waals surface area (Å²) in [5.74, 6) is -3.49. The number of anilines is 1. The molecule has 0 aliphatic rings. The van der Waals surface area contributed by atoms with Crippen LogP contribution in [0.25, 0.3) is 0 Å². The Labute approximate surface area is 130 Å². The maximum Gasteiger partial charge on any atom is 0.326 e. The monoisotopic (exact) mass is 324 g/mol. The van der Waals surface area contributed by atoms with Gasteiger partial charge in [-0.2, -0.15) is 0 Å². The Bertz CT molecular complexity index is 727. The fourth-order valence-corrected chi connectivity index (χ4v) is 1.98. The van der Waals surface area contributed by atoms with Crippen LogP contribution in [-0.4, -0.2) is 11.9 Å². The molecule has 4 nitrogen and oxygen atoms in total. The molecule has 0 aromatic heterocycles. The van der Waals surface area contributed by atoms with Crippen molar-refractivity contribution in [1.82, 2.24) is 5.32 Å². The molecule has 0 aliphatic carbocycles. The van der Waals surface area contributed by atoms with Crippen molar-refractivity contribution >= 4 is 29.2 Å². The number of carbonyl (C=O) groups excluding carboxylic acids is 2. The van der Waals surface area contributed by atoms with Gasteiger partial charge in [0.15, 0.2) is 0 Å². The van der Waals surface area contributed by atoms with Crippen molar-refractivity contribution in [3.05, 3.63) is 64.2 Å². The highest BCUT2D eigenvalue weighted by molar-refractivity contribution is 6.30. The maximum absolute atomic E-state index is 13.6. The summed E-state index contributed by atoms with van der Waals surface area (Å²) in [6, 6.07) is 7.55. The van der Waals surface area contributed by atoms with Gasteiger partial charge < -0.3 is 5.32 Å². The maximum atomic E-state index is 13.6. The summed E-state index contributed by atoms with van der Waals surface area (Å²) in [5.41, 5.74) is 0.378. The Morgan fingerprint density at radius 3 is 2.27 bits per heavy atom. The predicted octanol–water partition coefficient (Wildman–Crippen LogP) is 3.89. The number of rotatable bonds is 2. The van der Waals surface area contributed by atoms with E-state index in [0.29, 0.717) is 5.69 Å². The zero-order valence-electron chi connectivity index (χ0n) is 11.4. The molecule has 3 amide bonds. The first-order valence-corrected chi connectivity index (χ1v) is 6.59. The summed E-state index contributed by atoms with van der Waals surface area (Å²) in [6.07, 6.45) is 0. The number of imide groups is 1. The van der Waals surface area contributed by atoms with Gasteiger partial charge in [0.05, 0.1) is 0 Å². The van der Waals surface area contributed by atoms with E-state index in [2.05, 4.69) is 5.32 Å². The summed E-state index contributed by atoms with van der Waals surface area (Å²) in [7, 11) is 0. The molecule has 114 valence electrons. The highest BCUT2D eigenvalue weighted by Gasteiger charge is 2.20. The van der Waals surface area contributed by atoms with E-state index in [9.17, 15) is 18.4 Å². The van der Waals surface area contributed by atoms with Gasteiger partial charge in [0.1, 0.15) is 17.2 Å². The van der Waals surface area contributed by atoms with Crippen LogP contribution < -0.4 is 10.6 Å². The van der Waals surface area contributed by atoms with Crippen molar-refractivity contribution in [1.29, 1.82) is 0 Å². The second kappa shape index (κ2) is 6.53. The third-order valence-corrected chi connectivity index (χ3v) is 3.07. The fraction of sp³-hybridized carbons (Fsp3) is 0.0667. The van der Waals surface area contributed by atoms with Gasteiger partial charge >= 0.3 is 6.03 Å². The van der Waals surface area contributed by atoms with Crippen LogP contribution in [0.5, 0.6) is 0 Å². The minimum atomic E-state index is -1.20. The van der Waals surface area contributed by atoms with Crippen molar-refractivity contribution in [3.63, 3.8) is 0 Å². The van der Waals surface area contributed by atoms with Crippen molar-refractivity contribution < 1.29 is 18.4 Å². The number of amides is 3. The Hall–Kier alpha value is -2.47. The first kappa shape index (κ1) is 15.9. The number of nitrogens with one attached hydrogen (secondary N) is 2. The lowest BCUT2D eigenvalue weighted by atomic mass is 10.2. The van der Waals surface area contributed by atoms with E-state index in [1.165, 1.54) is 0 Å². The molecule has 0 saturated heterocycles. The lowest BCUT2D eigenvalue weighted by Gasteiger charge is -2.10. The molecular formula is C15H11ClF2N2O2. The number of urea groups is 1. The van der Waals surface area contributed by atoms with Crippen LogP contribution in [0.3, 0.4) is 0 Å². The van der Waals surface area contributed by atoms with E-state index in [1.807, 2.05) is 5.32 Å². The molecule has 0 atom stereocenters. The molecule has 0 radical (unpaired) electrons. The molecule has 0 saturated carbocycles. The van der Waals surface area contributed by atoms with Crippen molar-refractivity contribution in [2.75, 3.05) is 5.32 Å². The smallest absolute Gasteiger partial charge is 0.307 e. The Morgan fingerprint density at radius 1 is 1.09 bits per heavy atom. The average Bonchev–Trinajstić information content (AvgIpc) is 2.40. The zero-order valence-corrected chi connectivity index (χ0v) is 12.2. The average molecular weight is 325 g/mol. The summed E-state index contributed by atoms with van der Waals surface area (Å²) in [4.78, 5) is 23.5. The normalized spacial score (nSPS) is 10.2. The summed E-state index contributed by atoms with van der Waals surface area (Å²) >= 11 is 5.47. The van der Waals surface area contributed by atoms with Gasteiger partial charge in [0, 0.05) is 10.7 Å². The number of hydrogen-bond donors (Lipinski definition) is 2. The number of aryl methyl sites for hydroxylation is 1. The fourth-order valence-electron chi connectivity index (χ4n) is 1.79. The molecule has 0 unspecified atom stereocenters. The van der Waals surface area contributed by atoms with Gasteiger partial charge in [0.25, 0.3) is 5.91 Å². The highest BCUT2D eigenvalue weighted by Crippen LogP contribution is 2.19. The highest BCUT2D eigenvalue weighted by atomic mass is 35.5. The Balaban J connectivity index is 2.13. The van der Waals surface area contributed by atoms with Gasteiger partial charge in [-0.15, -0.1) is 0 Å². The van der Waals surface area contributed by atoms with E-state index < -0.39 is 29.1 Å². The molecule has 2 aromatic carbocycles. The van der Waals surface area contributed by atoms with E-state index >= 15 is 0 Å². The van der Waals surface area contributed by atoms with Crippen LogP contribution in [0.1, 0.15) is 15.9 Å². The molecule has 22 heavy (non-hydrogen) atoms. The summed E-state index contributed by atoms with van der Waals surface area (Å²) in [6.45, 7) is 1.76. The van der Waals surface area contributed by atoms with E-state index in [4.69, 9.17) is 11.6 Å². The molecule has 0 spiro atoms. The first-order valence-electron chi connectivity index (χ1n) is 6.21. The van der Waals surface area contributed by atoms with Crippen LogP contribution in [0.2, 0.25) is 5.02 Å². The SMILES string of the molecule is Cc1ccccc1NC(=O)NC(=O)c1c(F)cc(Cl)cc1F. The van der Waals surface area contributed by atoms with E-state index in [-0.39, 0.29) is 5.02 Å². The van der Waals surface area contributed by atoms with E-state index in [0.717, 1.165) is 17.7 Å². The largest absolute Gasteiger partial charge is 0.326 e. The van der Waals surface area contributed by atoms with Gasteiger partial charge in [-0.05, 0) is 30.7 Å². The molecule has 2 rings (SSSR count). The van der Waals surface area contributed by atoms with Gasteiger partial charge in [-0.1, -0.05) is 29.8 Å². The minimum absolute atomic E-state index is 0.184. The molecule has 0 aliphatic heterocycles. The topological polar surface area (TPSA) is 58.2 Å². The summed E-state index contributed by atoms with van der Waals surface area (Å²) < 4.78 is 27.2. The standard InChI is InChI=1S/C15H11ClF2N2O2/c1-8-4-2-3-5-12(8)19-15(22)20-14(21)13-10(17)6-9(16)7-11(13)18/h2-7H,1H3,(H2,19,20,21,22). The molecule has 0 bridgehead atoms. The van der Waals surface area contributed by atoms with Crippen LogP contribution in [0.4, 0.5) is 19.3 Å². The van der Waals surface area contributed by atoms with E-state index in [1.54, 1.807) is 31.2 Å². The van der Waals surface area contributed by atoms with Gasteiger partial charge in [0.2, 0.25) is 0 Å².